The number of carbonyl (C=O) groups excluding carboxylic acids is 1. The Kier molecular flexibility index (Phi) is 7.24. The van der Waals surface area contributed by atoms with Crippen LogP contribution in [0.5, 0.6) is 0 Å². The monoisotopic (exact) mass is 345 g/mol. The Balaban J connectivity index is 1.71. The Hall–Kier alpha value is -1.71. The number of benzene rings is 2. The van der Waals surface area contributed by atoms with Crippen LogP contribution in [0.25, 0.3) is 6.08 Å². The van der Waals surface area contributed by atoms with Crippen molar-refractivity contribution in [2.24, 2.45) is 0 Å². The molecule has 1 atom stereocenters. The van der Waals surface area contributed by atoms with Gasteiger partial charge in [-0.1, -0.05) is 72.3 Å². The van der Waals surface area contributed by atoms with Gasteiger partial charge < -0.3 is 5.32 Å². The molecule has 1 amide bonds. The lowest BCUT2D eigenvalue weighted by molar-refractivity contribution is -0.119. The zero-order chi connectivity index (χ0) is 16.5. The van der Waals surface area contributed by atoms with E-state index in [0.29, 0.717) is 10.8 Å². The van der Waals surface area contributed by atoms with Crippen LogP contribution in [0.15, 0.2) is 60.7 Å². The highest BCUT2D eigenvalue weighted by Gasteiger charge is 2.11. The molecule has 0 saturated carbocycles. The van der Waals surface area contributed by atoms with Gasteiger partial charge in [0.05, 0.1) is 11.8 Å². The molecule has 0 saturated heterocycles. The molecule has 2 aromatic carbocycles. The summed E-state index contributed by atoms with van der Waals surface area (Å²) in [5, 5.41) is 3.66. The standard InChI is InChI=1S/C19H20ClNOS/c1-15(17-11-5-6-12-18(17)20)21-19(22)14-23-13-7-10-16-8-3-2-4-9-16/h2-12,15H,13-14H2,1H3,(H,21,22)/b10-7+. The Morgan fingerprint density at radius 2 is 1.87 bits per heavy atom. The van der Waals surface area contributed by atoms with Crippen LogP contribution in [0.2, 0.25) is 5.02 Å². The fraction of sp³-hybridized carbons (Fsp3) is 0.211. The summed E-state index contributed by atoms with van der Waals surface area (Å²) >= 11 is 7.73. The van der Waals surface area contributed by atoms with Gasteiger partial charge in [0.1, 0.15) is 0 Å². The molecule has 2 aromatic rings. The first-order valence-corrected chi connectivity index (χ1v) is 9.03. The Labute approximate surface area is 146 Å². The van der Waals surface area contributed by atoms with Gasteiger partial charge in [-0.05, 0) is 24.1 Å². The summed E-state index contributed by atoms with van der Waals surface area (Å²) in [4.78, 5) is 12.0. The van der Waals surface area contributed by atoms with Crippen molar-refractivity contribution in [3.63, 3.8) is 0 Å². The molecule has 0 spiro atoms. The highest BCUT2D eigenvalue weighted by molar-refractivity contribution is 8.00. The number of carbonyl (C=O) groups is 1. The van der Waals surface area contributed by atoms with Gasteiger partial charge in [-0.3, -0.25) is 4.79 Å². The molecule has 0 bridgehead atoms. The minimum atomic E-state index is -0.0864. The number of hydrogen-bond donors (Lipinski definition) is 1. The van der Waals surface area contributed by atoms with Gasteiger partial charge in [-0.2, -0.15) is 0 Å². The van der Waals surface area contributed by atoms with Crippen LogP contribution in [-0.4, -0.2) is 17.4 Å². The van der Waals surface area contributed by atoms with E-state index in [1.807, 2.05) is 49.4 Å². The average molecular weight is 346 g/mol. The second-order valence-corrected chi connectivity index (χ2v) is 6.58. The Morgan fingerprint density at radius 3 is 2.61 bits per heavy atom. The zero-order valence-corrected chi connectivity index (χ0v) is 14.6. The van der Waals surface area contributed by atoms with Gasteiger partial charge in [0.15, 0.2) is 0 Å². The SMILES string of the molecule is CC(NC(=O)CSC/C=C/c1ccccc1)c1ccccc1Cl. The van der Waals surface area contributed by atoms with Crippen molar-refractivity contribution in [2.75, 3.05) is 11.5 Å². The van der Waals surface area contributed by atoms with Crippen molar-refractivity contribution in [3.8, 4) is 0 Å². The third kappa shape index (κ3) is 6.12. The topological polar surface area (TPSA) is 29.1 Å². The molecule has 0 heterocycles. The fourth-order valence-corrected chi connectivity index (χ4v) is 3.07. The maximum atomic E-state index is 12.0. The third-order valence-electron chi connectivity index (χ3n) is 3.31. The molecule has 4 heteroatoms. The summed E-state index contributed by atoms with van der Waals surface area (Å²) in [6.07, 6.45) is 4.14. The van der Waals surface area contributed by atoms with Crippen molar-refractivity contribution >= 4 is 35.3 Å². The van der Waals surface area contributed by atoms with Gasteiger partial charge in [0, 0.05) is 10.8 Å². The van der Waals surface area contributed by atoms with Crippen LogP contribution in [0.4, 0.5) is 0 Å². The molecular formula is C19H20ClNOS. The molecule has 120 valence electrons. The maximum absolute atomic E-state index is 12.0. The molecule has 1 unspecified atom stereocenters. The Bertz CT molecular complexity index is 657. The van der Waals surface area contributed by atoms with Crippen LogP contribution in [0, 0.1) is 0 Å². The van der Waals surface area contributed by atoms with Gasteiger partial charge in [-0.25, -0.2) is 0 Å². The maximum Gasteiger partial charge on any atom is 0.230 e. The highest BCUT2D eigenvalue weighted by Crippen LogP contribution is 2.22. The van der Waals surface area contributed by atoms with E-state index in [9.17, 15) is 4.79 Å². The van der Waals surface area contributed by atoms with Crippen LogP contribution in [0.1, 0.15) is 24.1 Å². The number of nitrogens with one attached hydrogen (secondary N) is 1. The van der Waals surface area contributed by atoms with Gasteiger partial charge in [0.25, 0.3) is 0 Å². The van der Waals surface area contributed by atoms with E-state index in [4.69, 9.17) is 11.6 Å². The van der Waals surface area contributed by atoms with Gasteiger partial charge >= 0.3 is 0 Å². The lowest BCUT2D eigenvalue weighted by Gasteiger charge is -2.15. The molecule has 0 fully saturated rings. The first kappa shape index (κ1) is 17.6. The highest BCUT2D eigenvalue weighted by atomic mass is 35.5. The number of rotatable bonds is 7. The normalized spacial score (nSPS) is 12.3. The Morgan fingerprint density at radius 1 is 1.17 bits per heavy atom. The van der Waals surface area contributed by atoms with Gasteiger partial charge in [0.2, 0.25) is 5.91 Å². The van der Waals surface area contributed by atoms with Crippen LogP contribution >= 0.6 is 23.4 Å². The number of hydrogen-bond acceptors (Lipinski definition) is 2. The van der Waals surface area contributed by atoms with Crippen molar-refractivity contribution in [1.29, 1.82) is 0 Å². The molecule has 0 aliphatic rings. The predicted molar refractivity (Wildman–Crippen MR) is 101 cm³/mol. The van der Waals surface area contributed by atoms with E-state index in [1.54, 1.807) is 11.8 Å². The number of halogens is 1. The largest absolute Gasteiger partial charge is 0.349 e. The summed E-state index contributed by atoms with van der Waals surface area (Å²) in [6, 6.07) is 17.6. The molecule has 1 N–H and O–H groups in total. The fourth-order valence-electron chi connectivity index (χ4n) is 2.16. The number of amides is 1. The second-order valence-electron chi connectivity index (χ2n) is 5.14. The minimum Gasteiger partial charge on any atom is -0.349 e. The van der Waals surface area contributed by atoms with E-state index in [1.165, 1.54) is 5.56 Å². The first-order chi connectivity index (χ1) is 11.2. The molecule has 0 radical (unpaired) electrons. The summed E-state index contributed by atoms with van der Waals surface area (Å²) < 4.78 is 0. The molecule has 0 aliphatic carbocycles. The van der Waals surface area contributed by atoms with Crippen LogP contribution in [0.3, 0.4) is 0 Å². The smallest absolute Gasteiger partial charge is 0.230 e. The summed E-state index contributed by atoms with van der Waals surface area (Å²) in [5.41, 5.74) is 2.11. The van der Waals surface area contributed by atoms with Crippen molar-refractivity contribution in [1.82, 2.24) is 5.32 Å². The molecule has 2 rings (SSSR count). The van der Waals surface area contributed by atoms with Crippen molar-refractivity contribution in [3.05, 3.63) is 76.8 Å². The molecule has 2 nitrogen and oxygen atoms in total. The third-order valence-corrected chi connectivity index (χ3v) is 4.55. The van der Waals surface area contributed by atoms with Gasteiger partial charge in [-0.15, -0.1) is 11.8 Å². The van der Waals surface area contributed by atoms with Crippen LogP contribution < -0.4 is 5.32 Å². The lowest BCUT2D eigenvalue weighted by atomic mass is 10.1. The molecule has 23 heavy (non-hydrogen) atoms. The minimum absolute atomic E-state index is 0.0236. The van der Waals surface area contributed by atoms with E-state index < -0.39 is 0 Å². The summed E-state index contributed by atoms with van der Waals surface area (Å²) in [5.74, 6) is 1.27. The lowest BCUT2D eigenvalue weighted by Crippen LogP contribution is -2.28. The predicted octanol–water partition coefficient (Wildman–Crippen LogP) is 4.96. The quantitative estimate of drug-likeness (QED) is 0.718. The van der Waals surface area contributed by atoms with Crippen molar-refractivity contribution < 1.29 is 4.79 Å². The zero-order valence-electron chi connectivity index (χ0n) is 13.0. The van der Waals surface area contributed by atoms with E-state index in [2.05, 4.69) is 29.6 Å². The molecular weight excluding hydrogens is 326 g/mol. The second kappa shape index (κ2) is 9.43. The average Bonchev–Trinajstić information content (AvgIpc) is 2.56. The first-order valence-electron chi connectivity index (χ1n) is 7.50. The van der Waals surface area contributed by atoms with Crippen molar-refractivity contribution in [2.45, 2.75) is 13.0 Å². The van der Waals surface area contributed by atoms with E-state index in [0.717, 1.165) is 11.3 Å². The number of thioether (sulfide) groups is 1. The molecule has 0 aliphatic heterocycles. The summed E-state index contributed by atoms with van der Waals surface area (Å²) in [6.45, 7) is 1.94. The van der Waals surface area contributed by atoms with Crippen LogP contribution in [-0.2, 0) is 4.79 Å². The summed E-state index contributed by atoms with van der Waals surface area (Å²) in [7, 11) is 0. The van der Waals surface area contributed by atoms with E-state index in [-0.39, 0.29) is 11.9 Å². The molecule has 0 aromatic heterocycles. The van der Waals surface area contributed by atoms with E-state index >= 15 is 0 Å².